The number of carbonyl (C=O) groups excluding carboxylic acids is 1. The summed E-state index contributed by atoms with van der Waals surface area (Å²) < 4.78 is 0. The van der Waals surface area contributed by atoms with Crippen LogP contribution in [0.1, 0.15) is 31.4 Å². The van der Waals surface area contributed by atoms with Crippen LogP contribution in [0.3, 0.4) is 0 Å². The molecule has 1 atom stereocenters. The number of nitrogens with zero attached hydrogens (tertiary/aromatic N) is 1. The normalized spacial score (nSPS) is 17.6. The van der Waals surface area contributed by atoms with Crippen LogP contribution in [0, 0.1) is 5.92 Å². The van der Waals surface area contributed by atoms with E-state index in [0.717, 1.165) is 31.6 Å². The summed E-state index contributed by atoms with van der Waals surface area (Å²) in [5, 5.41) is 3.03. The van der Waals surface area contributed by atoms with Crippen molar-refractivity contribution in [2.24, 2.45) is 5.92 Å². The zero-order valence-electron chi connectivity index (χ0n) is 13.6. The van der Waals surface area contributed by atoms with Crippen LogP contribution in [0.5, 0.6) is 0 Å². The number of benzene rings is 2. The van der Waals surface area contributed by atoms with Gasteiger partial charge in [0.1, 0.15) is 0 Å². The van der Waals surface area contributed by atoms with E-state index in [4.69, 9.17) is 0 Å². The van der Waals surface area contributed by atoms with Gasteiger partial charge in [0, 0.05) is 17.6 Å². The maximum absolute atomic E-state index is 12.4. The maximum atomic E-state index is 12.4. The topological polar surface area (TPSA) is 32.3 Å². The number of nitrogens with one attached hydrogen (secondary N) is 1. The van der Waals surface area contributed by atoms with Gasteiger partial charge in [-0.25, -0.2) is 0 Å². The minimum absolute atomic E-state index is 0.120. The number of hydrogen-bond acceptors (Lipinski definition) is 2. The molecule has 0 radical (unpaired) electrons. The van der Waals surface area contributed by atoms with Gasteiger partial charge in [0.2, 0.25) is 5.91 Å². The van der Waals surface area contributed by atoms with E-state index in [1.807, 2.05) is 30.3 Å². The molecule has 0 bridgehead atoms. The molecular formula is C20H24N2O. The summed E-state index contributed by atoms with van der Waals surface area (Å²) >= 11 is 0. The molecule has 1 amide bonds. The number of rotatable bonds is 4. The molecule has 1 fully saturated rings. The highest BCUT2D eigenvalue weighted by molar-refractivity contribution is 5.92. The van der Waals surface area contributed by atoms with Crippen LogP contribution in [0.25, 0.3) is 0 Å². The highest BCUT2D eigenvalue weighted by Gasteiger charge is 2.27. The number of amides is 1. The largest absolute Gasteiger partial charge is 0.326 e. The van der Waals surface area contributed by atoms with Crippen molar-refractivity contribution in [2.75, 3.05) is 18.4 Å². The average molecular weight is 308 g/mol. The van der Waals surface area contributed by atoms with Crippen molar-refractivity contribution in [1.82, 2.24) is 4.90 Å². The molecular weight excluding hydrogens is 284 g/mol. The Balaban J connectivity index is 1.53. The second-order valence-electron chi connectivity index (χ2n) is 6.25. The lowest BCUT2D eigenvalue weighted by atomic mass is 9.93. The van der Waals surface area contributed by atoms with Gasteiger partial charge >= 0.3 is 0 Å². The van der Waals surface area contributed by atoms with Crippen molar-refractivity contribution in [3.05, 3.63) is 66.2 Å². The number of likely N-dealkylation sites (tertiary alicyclic amines) is 1. The first-order valence-corrected chi connectivity index (χ1v) is 8.39. The second kappa shape index (κ2) is 7.42. The lowest BCUT2D eigenvalue weighted by Gasteiger charge is -2.35. The third-order valence-corrected chi connectivity index (χ3v) is 4.77. The highest BCUT2D eigenvalue weighted by Crippen LogP contribution is 2.27. The van der Waals surface area contributed by atoms with Crippen molar-refractivity contribution >= 4 is 11.6 Å². The van der Waals surface area contributed by atoms with Crippen LogP contribution in [0.2, 0.25) is 0 Å². The summed E-state index contributed by atoms with van der Waals surface area (Å²) in [5.74, 6) is 0.276. The van der Waals surface area contributed by atoms with Crippen molar-refractivity contribution in [1.29, 1.82) is 0 Å². The van der Waals surface area contributed by atoms with Crippen LogP contribution in [0.15, 0.2) is 60.7 Å². The minimum Gasteiger partial charge on any atom is -0.326 e. The molecule has 1 aliphatic heterocycles. The smallest absolute Gasteiger partial charge is 0.227 e. The van der Waals surface area contributed by atoms with Crippen LogP contribution in [-0.2, 0) is 4.79 Å². The number of para-hydroxylation sites is 1. The fraction of sp³-hybridized carbons (Fsp3) is 0.350. The van der Waals surface area contributed by atoms with Crippen molar-refractivity contribution < 1.29 is 4.79 Å². The number of carbonyl (C=O) groups is 1. The first-order valence-electron chi connectivity index (χ1n) is 8.39. The van der Waals surface area contributed by atoms with Crippen molar-refractivity contribution in [3.8, 4) is 0 Å². The van der Waals surface area contributed by atoms with E-state index in [9.17, 15) is 4.79 Å². The summed E-state index contributed by atoms with van der Waals surface area (Å²) in [6.07, 6.45) is 1.85. The van der Waals surface area contributed by atoms with Crippen LogP contribution in [0.4, 0.5) is 5.69 Å². The molecule has 23 heavy (non-hydrogen) atoms. The monoisotopic (exact) mass is 308 g/mol. The molecule has 2 aromatic carbocycles. The molecule has 0 spiro atoms. The first-order chi connectivity index (χ1) is 11.2. The lowest BCUT2D eigenvalue weighted by molar-refractivity contribution is -0.121. The number of anilines is 1. The maximum Gasteiger partial charge on any atom is 0.227 e. The van der Waals surface area contributed by atoms with Crippen molar-refractivity contribution in [2.45, 2.75) is 25.8 Å². The average Bonchev–Trinajstić information content (AvgIpc) is 2.63. The van der Waals surface area contributed by atoms with Crippen molar-refractivity contribution in [3.63, 3.8) is 0 Å². The summed E-state index contributed by atoms with van der Waals surface area (Å²) in [7, 11) is 0. The van der Waals surface area contributed by atoms with Crippen LogP contribution < -0.4 is 5.32 Å². The lowest BCUT2D eigenvalue weighted by Crippen LogP contribution is -2.39. The Labute approximate surface area is 138 Å². The van der Waals surface area contributed by atoms with Gasteiger partial charge in [-0.15, -0.1) is 0 Å². The summed E-state index contributed by atoms with van der Waals surface area (Å²) in [5.41, 5.74) is 2.23. The molecule has 0 aliphatic carbocycles. The van der Waals surface area contributed by atoms with Gasteiger partial charge < -0.3 is 5.32 Å². The molecule has 3 rings (SSSR count). The van der Waals surface area contributed by atoms with E-state index in [1.165, 1.54) is 5.56 Å². The van der Waals surface area contributed by atoms with Gasteiger partial charge in [0.15, 0.2) is 0 Å². The first kappa shape index (κ1) is 15.8. The van der Waals surface area contributed by atoms with Gasteiger partial charge in [0.05, 0.1) is 0 Å². The summed E-state index contributed by atoms with van der Waals surface area (Å²) in [6, 6.07) is 20.7. The van der Waals surface area contributed by atoms with Gasteiger partial charge in [-0.1, -0.05) is 48.5 Å². The third kappa shape index (κ3) is 3.99. The van der Waals surface area contributed by atoms with Gasteiger partial charge in [-0.3, -0.25) is 9.69 Å². The fourth-order valence-corrected chi connectivity index (χ4v) is 3.26. The molecule has 1 aliphatic rings. The van der Waals surface area contributed by atoms with Crippen LogP contribution in [-0.4, -0.2) is 23.9 Å². The molecule has 3 nitrogen and oxygen atoms in total. The van der Waals surface area contributed by atoms with Gasteiger partial charge in [-0.2, -0.15) is 0 Å². The van der Waals surface area contributed by atoms with Gasteiger partial charge in [-0.05, 0) is 50.6 Å². The summed E-state index contributed by atoms with van der Waals surface area (Å²) in [4.78, 5) is 14.9. The number of piperidine rings is 1. The SMILES string of the molecule is C[C@H](c1ccccc1)N1CCC(C(=O)Nc2ccccc2)CC1. The minimum atomic E-state index is 0.120. The zero-order chi connectivity index (χ0) is 16.1. The quantitative estimate of drug-likeness (QED) is 0.922. The molecule has 0 unspecified atom stereocenters. The van der Waals surface area contributed by atoms with E-state index >= 15 is 0 Å². The standard InChI is InChI=1S/C20H24N2O/c1-16(17-8-4-2-5-9-17)22-14-12-18(13-15-22)20(23)21-19-10-6-3-7-11-19/h2-11,16,18H,12-15H2,1H3,(H,21,23)/t16-/m1/s1. The highest BCUT2D eigenvalue weighted by atomic mass is 16.1. The molecule has 1 heterocycles. The zero-order valence-corrected chi connectivity index (χ0v) is 13.6. The van der Waals surface area contributed by atoms with E-state index in [1.54, 1.807) is 0 Å². The molecule has 0 aromatic heterocycles. The second-order valence-corrected chi connectivity index (χ2v) is 6.25. The predicted octanol–water partition coefficient (Wildman–Crippen LogP) is 4.10. The summed E-state index contributed by atoms with van der Waals surface area (Å²) in [6.45, 7) is 4.20. The van der Waals surface area contributed by atoms with E-state index in [0.29, 0.717) is 6.04 Å². The predicted molar refractivity (Wildman–Crippen MR) is 94.2 cm³/mol. The molecule has 2 aromatic rings. The van der Waals surface area contributed by atoms with E-state index < -0.39 is 0 Å². The fourth-order valence-electron chi connectivity index (χ4n) is 3.26. The Kier molecular flexibility index (Phi) is 5.09. The molecule has 0 saturated carbocycles. The Morgan fingerprint density at radius 3 is 2.17 bits per heavy atom. The molecule has 3 heteroatoms. The Morgan fingerprint density at radius 1 is 1.00 bits per heavy atom. The number of hydrogen-bond donors (Lipinski definition) is 1. The van der Waals surface area contributed by atoms with E-state index in [2.05, 4.69) is 47.5 Å². The molecule has 120 valence electrons. The third-order valence-electron chi connectivity index (χ3n) is 4.77. The molecule has 1 N–H and O–H groups in total. The Hall–Kier alpha value is -2.13. The Morgan fingerprint density at radius 2 is 1.57 bits per heavy atom. The molecule has 1 saturated heterocycles. The Bertz CT molecular complexity index is 619. The van der Waals surface area contributed by atoms with E-state index in [-0.39, 0.29) is 11.8 Å². The van der Waals surface area contributed by atoms with Gasteiger partial charge in [0.25, 0.3) is 0 Å². The van der Waals surface area contributed by atoms with Crippen LogP contribution >= 0.6 is 0 Å².